The van der Waals surface area contributed by atoms with Crippen LogP contribution in [0.3, 0.4) is 0 Å². The lowest BCUT2D eigenvalue weighted by atomic mass is 10.2. The maximum atomic E-state index is 6.06. The number of halogens is 1. The molecule has 0 radical (unpaired) electrons. The molecule has 5 heteroatoms. The summed E-state index contributed by atoms with van der Waals surface area (Å²) < 4.78 is 0. The molecule has 0 aliphatic heterocycles. The van der Waals surface area contributed by atoms with Gasteiger partial charge < -0.3 is 5.32 Å². The molecule has 0 bridgehead atoms. The molecule has 0 aliphatic carbocycles. The summed E-state index contributed by atoms with van der Waals surface area (Å²) in [6.07, 6.45) is 3.55. The van der Waals surface area contributed by atoms with Gasteiger partial charge in [-0.2, -0.15) is 0 Å². The second kappa shape index (κ2) is 5.46. The lowest BCUT2D eigenvalue weighted by molar-refractivity contribution is 0.752. The summed E-state index contributed by atoms with van der Waals surface area (Å²) in [6.45, 7) is 2.95. The molecule has 0 saturated carbocycles. The predicted octanol–water partition coefficient (Wildman–Crippen LogP) is 3.51. The first-order chi connectivity index (χ1) is 7.81. The van der Waals surface area contributed by atoms with Crippen LogP contribution in [0.4, 0.5) is 5.82 Å². The second-order valence-corrected chi connectivity index (χ2v) is 5.09. The fraction of sp³-hybridized carbons (Fsp3) is 0.455. The van der Waals surface area contributed by atoms with Gasteiger partial charge in [-0.25, -0.2) is 9.97 Å². The number of rotatable bonds is 5. The summed E-state index contributed by atoms with van der Waals surface area (Å²) >= 11 is 7.69. The first-order valence-corrected chi connectivity index (χ1v) is 6.69. The molecule has 1 N–H and O–H groups in total. The lowest BCUT2D eigenvalue weighted by Gasteiger charge is -2.08. The molecule has 0 saturated heterocycles. The highest BCUT2D eigenvalue weighted by Crippen LogP contribution is 2.23. The maximum Gasteiger partial charge on any atom is 0.138 e. The summed E-state index contributed by atoms with van der Waals surface area (Å²) in [6, 6.07) is 2.04. The number of alkyl halides is 1. The van der Waals surface area contributed by atoms with E-state index in [1.165, 1.54) is 0 Å². The number of aromatic nitrogens is 2. The Labute approximate surface area is 104 Å². The van der Waals surface area contributed by atoms with Crippen molar-refractivity contribution >= 4 is 39.0 Å². The smallest absolute Gasteiger partial charge is 0.138 e. The Bertz CT molecular complexity index is 457. The predicted molar refractivity (Wildman–Crippen MR) is 70.5 cm³/mol. The van der Waals surface area contributed by atoms with Gasteiger partial charge in [-0.3, -0.25) is 0 Å². The van der Waals surface area contributed by atoms with E-state index in [0.717, 1.165) is 35.4 Å². The van der Waals surface area contributed by atoms with Crippen molar-refractivity contribution in [2.45, 2.75) is 25.1 Å². The third kappa shape index (κ3) is 2.62. The van der Waals surface area contributed by atoms with Crippen LogP contribution < -0.4 is 5.32 Å². The second-order valence-electron chi connectivity index (χ2n) is 3.58. The molecule has 2 aromatic rings. The zero-order valence-corrected chi connectivity index (χ0v) is 10.7. The zero-order valence-electron chi connectivity index (χ0n) is 9.11. The van der Waals surface area contributed by atoms with Crippen molar-refractivity contribution in [3.63, 3.8) is 0 Å². The Morgan fingerprint density at radius 2 is 2.38 bits per heavy atom. The van der Waals surface area contributed by atoms with Gasteiger partial charge in [0, 0.05) is 11.9 Å². The van der Waals surface area contributed by atoms with Gasteiger partial charge in [-0.05, 0) is 24.3 Å². The highest BCUT2D eigenvalue weighted by atomic mass is 35.5. The van der Waals surface area contributed by atoms with E-state index in [1.54, 1.807) is 17.7 Å². The standard InChI is InChI=1S/C11H14ClN3S/c1-2-8(12)3-5-13-10-9-4-6-16-11(9)15-7-14-10/h4,6-8H,2-3,5H2,1H3,(H,13,14,15). The Hall–Kier alpha value is -0.870. The molecule has 3 nitrogen and oxygen atoms in total. The molecule has 2 rings (SSSR count). The third-order valence-corrected chi connectivity index (χ3v) is 3.80. The molecular weight excluding hydrogens is 242 g/mol. The van der Waals surface area contributed by atoms with Crippen LogP contribution in [0.1, 0.15) is 19.8 Å². The molecular formula is C11H14ClN3S. The number of nitrogens with zero attached hydrogens (tertiary/aromatic N) is 2. The van der Waals surface area contributed by atoms with Crippen LogP contribution in [0, 0.1) is 0 Å². The molecule has 0 aromatic carbocycles. The largest absolute Gasteiger partial charge is 0.369 e. The van der Waals surface area contributed by atoms with Crippen LogP contribution in [-0.2, 0) is 0 Å². The lowest BCUT2D eigenvalue weighted by Crippen LogP contribution is -2.09. The van der Waals surface area contributed by atoms with Crippen LogP contribution >= 0.6 is 22.9 Å². The third-order valence-electron chi connectivity index (χ3n) is 2.45. The minimum absolute atomic E-state index is 0.243. The number of hydrogen-bond acceptors (Lipinski definition) is 4. The van der Waals surface area contributed by atoms with E-state index in [9.17, 15) is 0 Å². The first kappa shape index (κ1) is 11.6. The SMILES string of the molecule is CCC(Cl)CCNc1ncnc2sccc12. The number of hydrogen-bond donors (Lipinski definition) is 1. The summed E-state index contributed by atoms with van der Waals surface area (Å²) in [5.41, 5.74) is 0. The monoisotopic (exact) mass is 255 g/mol. The highest BCUT2D eigenvalue weighted by Gasteiger charge is 2.05. The zero-order chi connectivity index (χ0) is 11.4. The van der Waals surface area contributed by atoms with Crippen molar-refractivity contribution < 1.29 is 0 Å². The van der Waals surface area contributed by atoms with Crippen LogP contribution in [0.15, 0.2) is 17.8 Å². The molecule has 0 amide bonds. The molecule has 1 unspecified atom stereocenters. The van der Waals surface area contributed by atoms with Gasteiger partial charge in [-0.1, -0.05) is 6.92 Å². The molecule has 2 heterocycles. The van der Waals surface area contributed by atoms with Gasteiger partial charge in [0.25, 0.3) is 0 Å². The average molecular weight is 256 g/mol. The molecule has 0 spiro atoms. The van der Waals surface area contributed by atoms with Gasteiger partial charge >= 0.3 is 0 Å². The van der Waals surface area contributed by atoms with Crippen LogP contribution in [0.2, 0.25) is 0 Å². The Balaban J connectivity index is 2.01. The van der Waals surface area contributed by atoms with Gasteiger partial charge in [0.15, 0.2) is 0 Å². The Morgan fingerprint density at radius 1 is 1.50 bits per heavy atom. The van der Waals surface area contributed by atoms with E-state index in [-0.39, 0.29) is 5.38 Å². The van der Waals surface area contributed by atoms with Crippen LogP contribution in [-0.4, -0.2) is 21.9 Å². The summed E-state index contributed by atoms with van der Waals surface area (Å²) in [4.78, 5) is 9.47. The number of fused-ring (bicyclic) bond motifs is 1. The van der Waals surface area contributed by atoms with Crippen LogP contribution in [0.25, 0.3) is 10.2 Å². The maximum absolute atomic E-state index is 6.06. The van der Waals surface area contributed by atoms with Crippen molar-refractivity contribution in [2.24, 2.45) is 0 Å². The van der Waals surface area contributed by atoms with Gasteiger partial charge in [0.1, 0.15) is 17.0 Å². The molecule has 0 aliphatic rings. The highest BCUT2D eigenvalue weighted by molar-refractivity contribution is 7.16. The average Bonchev–Trinajstić information content (AvgIpc) is 2.77. The van der Waals surface area contributed by atoms with E-state index in [1.807, 2.05) is 11.4 Å². The fourth-order valence-electron chi connectivity index (χ4n) is 1.48. The van der Waals surface area contributed by atoms with Crippen molar-refractivity contribution in [1.82, 2.24) is 9.97 Å². The van der Waals surface area contributed by atoms with Crippen molar-refractivity contribution in [2.75, 3.05) is 11.9 Å². The minimum atomic E-state index is 0.243. The van der Waals surface area contributed by atoms with Crippen molar-refractivity contribution in [1.29, 1.82) is 0 Å². The van der Waals surface area contributed by atoms with Crippen molar-refractivity contribution in [3.05, 3.63) is 17.8 Å². The molecule has 1 atom stereocenters. The fourth-order valence-corrected chi connectivity index (χ4v) is 2.32. The van der Waals surface area contributed by atoms with Crippen molar-refractivity contribution in [3.8, 4) is 0 Å². The topological polar surface area (TPSA) is 37.8 Å². The molecule has 2 aromatic heterocycles. The van der Waals surface area contributed by atoms with Gasteiger partial charge in [0.05, 0.1) is 5.39 Å². The Kier molecular flexibility index (Phi) is 3.96. The van der Waals surface area contributed by atoms with E-state index in [2.05, 4.69) is 22.2 Å². The van der Waals surface area contributed by atoms with Gasteiger partial charge in [-0.15, -0.1) is 22.9 Å². The van der Waals surface area contributed by atoms with E-state index in [0.29, 0.717) is 0 Å². The molecule has 16 heavy (non-hydrogen) atoms. The van der Waals surface area contributed by atoms with E-state index >= 15 is 0 Å². The number of thiophene rings is 1. The van der Waals surface area contributed by atoms with E-state index in [4.69, 9.17) is 11.6 Å². The Morgan fingerprint density at radius 3 is 3.19 bits per heavy atom. The molecule has 86 valence electrons. The summed E-state index contributed by atoms with van der Waals surface area (Å²) in [5, 5.41) is 6.67. The minimum Gasteiger partial charge on any atom is -0.369 e. The van der Waals surface area contributed by atoms with Gasteiger partial charge in [0.2, 0.25) is 0 Å². The van der Waals surface area contributed by atoms with E-state index < -0.39 is 0 Å². The summed E-state index contributed by atoms with van der Waals surface area (Å²) in [5.74, 6) is 0.909. The summed E-state index contributed by atoms with van der Waals surface area (Å²) in [7, 11) is 0. The quantitative estimate of drug-likeness (QED) is 0.831. The number of nitrogens with one attached hydrogen (secondary N) is 1. The normalized spacial score (nSPS) is 12.9. The first-order valence-electron chi connectivity index (χ1n) is 5.37. The number of anilines is 1. The molecule has 0 fully saturated rings. The van der Waals surface area contributed by atoms with Crippen LogP contribution in [0.5, 0.6) is 0 Å².